The highest BCUT2D eigenvalue weighted by Gasteiger charge is 2.34. The molecule has 0 unspecified atom stereocenters. The number of nitrogens with zero attached hydrogens (tertiary/aromatic N) is 3. The van der Waals surface area contributed by atoms with Crippen molar-refractivity contribution in [3.63, 3.8) is 0 Å². The maximum absolute atomic E-state index is 12.9. The van der Waals surface area contributed by atoms with E-state index in [9.17, 15) is 8.42 Å². The van der Waals surface area contributed by atoms with Crippen molar-refractivity contribution in [1.82, 2.24) is 9.55 Å². The van der Waals surface area contributed by atoms with E-state index in [0.717, 1.165) is 0 Å². The van der Waals surface area contributed by atoms with Crippen LogP contribution in [0.4, 0.5) is 5.95 Å². The highest BCUT2D eigenvalue weighted by molar-refractivity contribution is 7.92. The lowest BCUT2D eigenvalue weighted by molar-refractivity contribution is 0.174. The first-order chi connectivity index (χ1) is 10.1. The highest BCUT2D eigenvalue weighted by atomic mass is 32.2. The van der Waals surface area contributed by atoms with E-state index in [1.807, 2.05) is 4.57 Å². The third kappa shape index (κ3) is 1.72. The van der Waals surface area contributed by atoms with Crippen LogP contribution in [0.1, 0.15) is 5.56 Å². The number of fused-ring (bicyclic) bond motifs is 2. The van der Waals surface area contributed by atoms with Crippen LogP contribution in [-0.2, 0) is 16.6 Å². The van der Waals surface area contributed by atoms with Crippen LogP contribution in [0.25, 0.3) is 0 Å². The van der Waals surface area contributed by atoms with Crippen molar-refractivity contribution in [3.8, 4) is 11.5 Å². The van der Waals surface area contributed by atoms with Crippen LogP contribution in [0.3, 0.4) is 0 Å². The largest absolute Gasteiger partial charge is 0.454 e. The quantitative estimate of drug-likeness (QED) is 0.831. The van der Waals surface area contributed by atoms with E-state index in [1.54, 1.807) is 25.4 Å². The zero-order valence-electron chi connectivity index (χ0n) is 11.3. The molecule has 8 heteroatoms. The normalized spacial score (nSPS) is 16.3. The Bertz CT molecular complexity index is 828. The molecular weight excluding hydrogens is 294 g/mol. The van der Waals surface area contributed by atoms with Gasteiger partial charge in [0.15, 0.2) is 11.5 Å². The maximum atomic E-state index is 12.9. The van der Waals surface area contributed by atoms with Gasteiger partial charge in [0.25, 0.3) is 10.0 Å². The lowest BCUT2D eigenvalue weighted by Gasteiger charge is -2.18. The first kappa shape index (κ1) is 12.5. The monoisotopic (exact) mass is 307 g/mol. The van der Waals surface area contributed by atoms with E-state index in [4.69, 9.17) is 9.47 Å². The van der Waals surface area contributed by atoms with Gasteiger partial charge in [-0.05, 0) is 18.6 Å². The van der Waals surface area contributed by atoms with E-state index in [2.05, 4.69) is 4.98 Å². The summed E-state index contributed by atoms with van der Waals surface area (Å²) in [6.07, 6.45) is 3.38. The van der Waals surface area contributed by atoms with Crippen molar-refractivity contribution in [2.75, 3.05) is 17.6 Å². The summed E-state index contributed by atoms with van der Waals surface area (Å²) < 4.78 is 39.5. The Morgan fingerprint density at radius 1 is 1.19 bits per heavy atom. The van der Waals surface area contributed by atoms with Gasteiger partial charge < -0.3 is 14.0 Å². The number of ether oxygens (including phenoxy) is 2. The molecule has 1 aromatic heterocycles. The number of aromatic nitrogens is 2. The molecule has 21 heavy (non-hydrogen) atoms. The first-order valence-corrected chi connectivity index (χ1v) is 7.95. The second kappa shape index (κ2) is 4.14. The Kier molecular flexibility index (Phi) is 2.47. The molecule has 0 spiro atoms. The van der Waals surface area contributed by atoms with Gasteiger partial charge in [0, 0.05) is 25.0 Å². The molecule has 2 aliphatic rings. The topological polar surface area (TPSA) is 73.7 Å². The zero-order chi connectivity index (χ0) is 14.6. The third-order valence-corrected chi connectivity index (χ3v) is 5.62. The van der Waals surface area contributed by atoms with Gasteiger partial charge in [-0.25, -0.2) is 17.7 Å². The van der Waals surface area contributed by atoms with E-state index in [1.165, 1.54) is 10.4 Å². The minimum Gasteiger partial charge on any atom is -0.454 e. The van der Waals surface area contributed by atoms with Crippen LogP contribution in [0.5, 0.6) is 11.5 Å². The molecule has 0 radical (unpaired) electrons. The average molecular weight is 307 g/mol. The standard InChI is InChI=1S/C13H13N3O4S/c1-9-6-10-11(20-8-19-10)7-12(9)21(17,18)16-5-4-15-3-2-14-13(15)16/h2-3,6-7H,4-5,8H2,1H3. The van der Waals surface area contributed by atoms with Crippen molar-refractivity contribution >= 4 is 16.0 Å². The molecule has 110 valence electrons. The molecule has 0 saturated heterocycles. The fourth-order valence-electron chi connectivity index (χ4n) is 2.65. The van der Waals surface area contributed by atoms with Crippen molar-refractivity contribution in [2.45, 2.75) is 18.4 Å². The zero-order valence-corrected chi connectivity index (χ0v) is 12.1. The van der Waals surface area contributed by atoms with E-state index in [0.29, 0.717) is 36.1 Å². The second-order valence-electron chi connectivity index (χ2n) is 4.97. The molecule has 0 fully saturated rings. The molecule has 7 nitrogen and oxygen atoms in total. The molecule has 0 saturated carbocycles. The van der Waals surface area contributed by atoms with E-state index < -0.39 is 10.0 Å². The van der Waals surface area contributed by atoms with Crippen molar-refractivity contribution in [1.29, 1.82) is 0 Å². The molecule has 3 heterocycles. The minimum absolute atomic E-state index is 0.117. The number of rotatable bonds is 2. The Morgan fingerprint density at radius 2 is 1.95 bits per heavy atom. The Morgan fingerprint density at radius 3 is 2.76 bits per heavy atom. The predicted octanol–water partition coefficient (Wildman–Crippen LogP) is 1.13. The summed E-state index contributed by atoms with van der Waals surface area (Å²) >= 11 is 0. The molecule has 0 aliphatic carbocycles. The number of sulfonamides is 1. The molecule has 2 aliphatic heterocycles. The lowest BCUT2D eigenvalue weighted by atomic mass is 10.2. The molecule has 4 rings (SSSR count). The summed E-state index contributed by atoms with van der Waals surface area (Å²) in [5.41, 5.74) is 0.629. The van der Waals surface area contributed by atoms with Gasteiger partial charge >= 0.3 is 0 Å². The predicted molar refractivity (Wildman–Crippen MR) is 74.1 cm³/mol. The van der Waals surface area contributed by atoms with Crippen LogP contribution in [0.2, 0.25) is 0 Å². The average Bonchev–Trinajstić information content (AvgIpc) is 3.12. The van der Waals surface area contributed by atoms with Gasteiger partial charge in [-0.3, -0.25) is 0 Å². The molecule has 0 N–H and O–H groups in total. The number of aryl methyl sites for hydroxylation is 1. The van der Waals surface area contributed by atoms with Crippen LogP contribution in [0, 0.1) is 6.92 Å². The molecule has 0 atom stereocenters. The van der Waals surface area contributed by atoms with Crippen LogP contribution >= 0.6 is 0 Å². The molecular formula is C13H13N3O4S. The molecule has 0 amide bonds. The first-order valence-electron chi connectivity index (χ1n) is 6.51. The summed E-state index contributed by atoms with van der Waals surface area (Å²) in [5, 5.41) is 0. The Balaban J connectivity index is 1.83. The molecule has 1 aromatic carbocycles. The fraction of sp³-hybridized carbons (Fsp3) is 0.308. The van der Waals surface area contributed by atoms with E-state index >= 15 is 0 Å². The summed E-state index contributed by atoms with van der Waals surface area (Å²) in [5.74, 6) is 1.49. The van der Waals surface area contributed by atoms with Gasteiger partial charge in [-0.1, -0.05) is 0 Å². The summed E-state index contributed by atoms with van der Waals surface area (Å²) in [6, 6.07) is 3.22. The number of imidazole rings is 1. The van der Waals surface area contributed by atoms with Crippen LogP contribution < -0.4 is 13.8 Å². The van der Waals surface area contributed by atoms with Gasteiger partial charge in [-0.2, -0.15) is 0 Å². The molecule has 2 aromatic rings. The SMILES string of the molecule is Cc1cc2c(cc1S(=O)(=O)N1CCn3ccnc31)OCO2. The van der Waals surface area contributed by atoms with Crippen LogP contribution in [0.15, 0.2) is 29.4 Å². The van der Waals surface area contributed by atoms with Gasteiger partial charge in [-0.15, -0.1) is 0 Å². The van der Waals surface area contributed by atoms with Crippen molar-refractivity contribution < 1.29 is 17.9 Å². The van der Waals surface area contributed by atoms with Gasteiger partial charge in [0.05, 0.1) is 11.4 Å². The Labute approximate surface area is 121 Å². The summed E-state index contributed by atoms with van der Waals surface area (Å²) in [6.45, 7) is 2.86. The summed E-state index contributed by atoms with van der Waals surface area (Å²) in [7, 11) is -3.66. The van der Waals surface area contributed by atoms with Crippen molar-refractivity contribution in [2.24, 2.45) is 0 Å². The van der Waals surface area contributed by atoms with Crippen LogP contribution in [-0.4, -0.2) is 31.3 Å². The molecule has 0 bridgehead atoms. The number of benzene rings is 1. The number of hydrogen-bond acceptors (Lipinski definition) is 5. The lowest BCUT2D eigenvalue weighted by Crippen LogP contribution is -2.30. The fourth-order valence-corrected chi connectivity index (χ4v) is 4.30. The second-order valence-corrected chi connectivity index (χ2v) is 6.80. The maximum Gasteiger partial charge on any atom is 0.267 e. The van der Waals surface area contributed by atoms with Gasteiger partial charge in [0.1, 0.15) is 0 Å². The summed E-state index contributed by atoms with van der Waals surface area (Å²) in [4.78, 5) is 4.35. The number of anilines is 1. The van der Waals surface area contributed by atoms with Gasteiger partial charge in [0.2, 0.25) is 12.7 Å². The Hall–Kier alpha value is -2.22. The van der Waals surface area contributed by atoms with Crippen molar-refractivity contribution in [3.05, 3.63) is 30.1 Å². The van der Waals surface area contributed by atoms with E-state index in [-0.39, 0.29) is 11.7 Å². The highest BCUT2D eigenvalue weighted by Crippen LogP contribution is 2.38. The number of hydrogen-bond donors (Lipinski definition) is 0. The third-order valence-electron chi connectivity index (χ3n) is 3.70. The smallest absolute Gasteiger partial charge is 0.267 e. The minimum atomic E-state index is -3.66.